The summed E-state index contributed by atoms with van der Waals surface area (Å²) in [6.45, 7) is 1.81. The van der Waals surface area contributed by atoms with Crippen molar-refractivity contribution in [2.75, 3.05) is 23.8 Å². The highest BCUT2D eigenvalue weighted by Crippen LogP contribution is 2.29. The van der Waals surface area contributed by atoms with Crippen molar-refractivity contribution < 1.29 is 23.5 Å². The number of hydrogen-bond acceptors (Lipinski definition) is 5. The number of carbonyl (C=O) groups is 2. The first-order valence-corrected chi connectivity index (χ1v) is 10.9. The number of ether oxygens (including phenoxy) is 2. The molecule has 3 rings (SSSR count). The Hall–Kier alpha value is -4.35. The molecule has 9 heteroatoms. The van der Waals surface area contributed by atoms with Gasteiger partial charge >= 0.3 is 0 Å². The van der Waals surface area contributed by atoms with Crippen LogP contribution in [0.3, 0.4) is 0 Å². The van der Waals surface area contributed by atoms with Gasteiger partial charge in [0.25, 0.3) is 11.8 Å². The van der Waals surface area contributed by atoms with Crippen LogP contribution >= 0.6 is 11.6 Å². The maximum atomic E-state index is 13.0. The molecule has 0 saturated carbocycles. The summed E-state index contributed by atoms with van der Waals surface area (Å²) in [5, 5.41) is 15.2. The summed E-state index contributed by atoms with van der Waals surface area (Å²) in [7, 11) is 0. The molecule has 0 aliphatic heterocycles. The summed E-state index contributed by atoms with van der Waals surface area (Å²) >= 11 is 5.85. The first kappa shape index (κ1) is 25.3. The van der Waals surface area contributed by atoms with E-state index in [1.807, 2.05) is 6.07 Å². The molecule has 2 amide bonds. The second kappa shape index (κ2) is 12.2. The number of carbonyl (C=O) groups excluding carboxylic acids is 2. The van der Waals surface area contributed by atoms with Crippen LogP contribution in [0.5, 0.6) is 11.5 Å². The lowest BCUT2D eigenvalue weighted by Gasteiger charge is -2.13. The number of hydrogen-bond donors (Lipinski definition) is 2. The second-order valence-corrected chi connectivity index (χ2v) is 7.55. The van der Waals surface area contributed by atoms with Crippen molar-refractivity contribution in [3.8, 4) is 17.6 Å². The van der Waals surface area contributed by atoms with Crippen LogP contribution < -0.4 is 20.1 Å². The zero-order valence-electron chi connectivity index (χ0n) is 18.7. The third-order valence-electron chi connectivity index (χ3n) is 4.53. The third kappa shape index (κ3) is 7.59. The SMILES string of the molecule is CCOc1cc(/C=C(/C#N)C(=O)Nc2ccc(Cl)cc2)ccc1OCC(=O)Nc1ccc(F)cc1. The standard InChI is InChI=1S/C26H21ClFN3O4/c1-2-34-24-14-17(13-18(15-29)26(33)31-22-8-4-19(27)5-9-22)3-12-23(24)35-16-25(32)30-21-10-6-20(28)7-11-21/h3-14H,2,16H2,1H3,(H,30,32)(H,31,33)/b18-13-. The molecule has 0 bridgehead atoms. The van der Waals surface area contributed by atoms with Crippen LogP contribution in [0.1, 0.15) is 12.5 Å². The number of anilines is 2. The maximum Gasteiger partial charge on any atom is 0.266 e. The van der Waals surface area contributed by atoms with E-state index in [4.69, 9.17) is 21.1 Å². The van der Waals surface area contributed by atoms with Gasteiger partial charge in [0.15, 0.2) is 18.1 Å². The first-order valence-electron chi connectivity index (χ1n) is 10.5. The molecule has 2 N–H and O–H groups in total. The van der Waals surface area contributed by atoms with E-state index in [2.05, 4.69) is 10.6 Å². The normalized spacial score (nSPS) is 10.7. The summed E-state index contributed by atoms with van der Waals surface area (Å²) in [4.78, 5) is 24.7. The van der Waals surface area contributed by atoms with Crippen LogP contribution in [0.25, 0.3) is 6.08 Å². The molecule has 0 atom stereocenters. The van der Waals surface area contributed by atoms with E-state index in [9.17, 15) is 19.2 Å². The Balaban J connectivity index is 1.69. The van der Waals surface area contributed by atoms with Gasteiger partial charge in [-0.3, -0.25) is 9.59 Å². The molecule has 0 spiro atoms. The average Bonchev–Trinajstić information content (AvgIpc) is 2.85. The molecule has 35 heavy (non-hydrogen) atoms. The number of nitrogens with one attached hydrogen (secondary N) is 2. The molecule has 0 radical (unpaired) electrons. The van der Waals surface area contributed by atoms with Crippen LogP contribution in [0.2, 0.25) is 5.02 Å². The van der Waals surface area contributed by atoms with E-state index < -0.39 is 17.6 Å². The highest BCUT2D eigenvalue weighted by Gasteiger charge is 2.13. The van der Waals surface area contributed by atoms with Gasteiger partial charge in [-0.2, -0.15) is 5.26 Å². The maximum absolute atomic E-state index is 13.0. The number of nitriles is 1. The van der Waals surface area contributed by atoms with Crippen LogP contribution in [-0.2, 0) is 9.59 Å². The smallest absolute Gasteiger partial charge is 0.266 e. The molecule has 0 aromatic heterocycles. The van der Waals surface area contributed by atoms with E-state index in [0.717, 1.165) is 0 Å². The van der Waals surface area contributed by atoms with Crippen LogP contribution in [0, 0.1) is 17.1 Å². The summed E-state index contributed by atoms with van der Waals surface area (Å²) in [5.74, 6) is -0.774. The van der Waals surface area contributed by atoms with E-state index in [0.29, 0.717) is 40.1 Å². The predicted octanol–water partition coefficient (Wildman–Crippen LogP) is 5.44. The molecule has 3 aromatic rings. The Morgan fingerprint density at radius 2 is 1.63 bits per heavy atom. The minimum atomic E-state index is -0.578. The monoisotopic (exact) mass is 493 g/mol. The molecule has 0 fully saturated rings. The van der Waals surface area contributed by atoms with Gasteiger partial charge in [-0.15, -0.1) is 0 Å². The zero-order chi connectivity index (χ0) is 25.2. The minimum Gasteiger partial charge on any atom is -0.490 e. The molecule has 0 aliphatic carbocycles. The van der Waals surface area contributed by atoms with E-state index in [-0.39, 0.29) is 12.2 Å². The Bertz CT molecular complexity index is 1270. The van der Waals surface area contributed by atoms with Gasteiger partial charge < -0.3 is 20.1 Å². The lowest BCUT2D eigenvalue weighted by Crippen LogP contribution is -2.20. The molecule has 0 heterocycles. The van der Waals surface area contributed by atoms with Crippen molar-refractivity contribution in [3.05, 3.63) is 88.7 Å². The second-order valence-electron chi connectivity index (χ2n) is 7.11. The third-order valence-corrected chi connectivity index (χ3v) is 4.78. The minimum absolute atomic E-state index is 0.116. The van der Waals surface area contributed by atoms with Gasteiger partial charge in [-0.25, -0.2) is 4.39 Å². The van der Waals surface area contributed by atoms with Crippen molar-refractivity contribution in [3.63, 3.8) is 0 Å². The largest absolute Gasteiger partial charge is 0.490 e. The van der Waals surface area contributed by atoms with Crippen molar-refractivity contribution in [1.29, 1.82) is 5.26 Å². The predicted molar refractivity (Wildman–Crippen MR) is 132 cm³/mol. The van der Waals surface area contributed by atoms with Crippen molar-refractivity contribution in [2.24, 2.45) is 0 Å². The molecular formula is C26H21ClFN3O4. The van der Waals surface area contributed by atoms with Gasteiger partial charge in [-0.1, -0.05) is 17.7 Å². The number of rotatable bonds is 9. The summed E-state index contributed by atoms with van der Waals surface area (Å²) in [6.07, 6.45) is 1.42. The van der Waals surface area contributed by atoms with Crippen molar-refractivity contribution in [1.82, 2.24) is 0 Å². The van der Waals surface area contributed by atoms with Crippen molar-refractivity contribution >= 4 is 40.9 Å². The average molecular weight is 494 g/mol. The topological polar surface area (TPSA) is 100 Å². The number of amides is 2. The lowest BCUT2D eigenvalue weighted by atomic mass is 10.1. The highest BCUT2D eigenvalue weighted by molar-refractivity contribution is 6.30. The van der Waals surface area contributed by atoms with E-state index in [1.54, 1.807) is 49.4 Å². The quantitative estimate of drug-likeness (QED) is 0.305. The van der Waals surface area contributed by atoms with Crippen LogP contribution in [0.4, 0.5) is 15.8 Å². The molecule has 7 nitrogen and oxygen atoms in total. The first-order chi connectivity index (χ1) is 16.9. The zero-order valence-corrected chi connectivity index (χ0v) is 19.4. The van der Waals surface area contributed by atoms with Gasteiger partial charge in [0, 0.05) is 16.4 Å². The fraction of sp³-hybridized carbons (Fsp3) is 0.115. The number of benzene rings is 3. The Morgan fingerprint density at radius 3 is 2.29 bits per heavy atom. The molecule has 0 unspecified atom stereocenters. The summed E-state index contributed by atoms with van der Waals surface area (Å²) in [6, 6.07) is 18.6. The molecule has 3 aromatic carbocycles. The molecular weight excluding hydrogens is 473 g/mol. The van der Waals surface area contributed by atoms with E-state index in [1.165, 1.54) is 30.3 Å². The summed E-state index contributed by atoms with van der Waals surface area (Å²) in [5.41, 5.74) is 1.35. The van der Waals surface area contributed by atoms with Gasteiger partial charge in [0.2, 0.25) is 0 Å². The number of nitrogens with zero attached hydrogens (tertiary/aromatic N) is 1. The fourth-order valence-electron chi connectivity index (χ4n) is 2.92. The summed E-state index contributed by atoms with van der Waals surface area (Å²) < 4.78 is 24.2. The van der Waals surface area contributed by atoms with Gasteiger partial charge in [-0.05, 0) is 79.2 Å². The molecule has 0 aliphatic rings. The Kier molecular flexibility index (Phi) is 8.82. The van der Waals surface area contributed by atoms with Crippen LogP contribution in [0.15, 0.2) is 72.3 Å². The van der Waals surface area contributed by atoms with Crippen LogP contribution in [-0.4, -0.2) is 25.0 Å². The Labute approximate surface area is 206 Å². The molecule has 178 valence electrons. The van der Waals surface area contributed by atoms with Crippen molar-refractivity contribution in [2.45, 2.75) is 6.92 Å². The van der Waals surface area contributed by atoms with Gasteiger partial charge in [0.05, 0.1) is 6.61 Å². The fourth-order valence-corrected chi connectivity index (χ4v) is 3.05. The highest BCUT2D eigenvalue weighted by atomic mass is 35.5. The van der Waals surface area contributed by atoms with Gasteiger partial charge in [0.1, 0.15) is 17.5 Å². The Morgan fingerprint density at radius 1 is 0.971 bits per heavy atom. The lowest BCUT2D eigenvalue weighted by molar-refractivity contribution is -0.118. The number of halogens is 2. The van der Waals surface area contributed by atoms with E-state index >= 15 is 0 Å². The molecule has 0 saturated heterocycles.